The van der Waals surface area contributed by atoms with Crippen LogP contribution >= 0.6 is 0 Å². The molecule has 0 aliphatic rings. The first-order valence-corrected chi connectivity index (χ1v) is 6.31. The van der Waals surface area contributed by atoms with Crippen LogP contribution in [0.2, 0.25) is 0 Å². The number of aromatic nitrogens is 2. The van der Waals surface area contributed by atoms with Gasteiger partial charge in [-0.15, -0.1) is 0 Å². The van der Waals surface area contributed by atoms with Gasteiger partial charge in [-0.3, -0.25) is 14.8 Å². The third kappa shape index (κ3) is 3.82. The number of carbonyl (C=O) groups is 2. The highest BCUT2D eigenvalue weighted by molar-refractivity contribution is 5.91. The molecule has 21 heavy (non-hydrogen) atoms. The van der Waals surface area contributed by atoms with E-state index in [1.54, 1.807) is 17.8 Å². The second kappa shape index (κ2) is 6.56. The number of ether oxygens (including phenoxy) is 1. The Hall–Kier alpha value is -2.83. The predicted molar refractivity (Wildman–Crippen MR) is 77.7 cm³/mol. The van der Waals surface area contributed by atoms with Crippen molar-refractivity contribution in [2.24, 2.45) is 7.05 Å². The van der Waals surface area contributed by atoms with Crippen LogP contribution in [0.15, 0.2) is 36.4 Å². The van der Waals surface area contributed by atoms with Gasteiger partial charge in [0.15, 0.2) is 5.82 Å². The van der Waals surface area contributed by atoms with Gasteiger partial charge in [0.2, 0.25) is 0 Å². The minimum atomic E-state index is -0.517. The van der Waals surface area contributed by atoms with Crippen molar-refractivity contribution in [2.45, 2.75) is 0 Å². The Balaban J connectivity index is 2.02. The molecule has 0 saturated heterocycles. The van der Waals surface area contributed by atoms with Crippen molar-refractivity contribution in [1.82, 2.24) is 15.1 Å². The first-order chi connectivity index (χ1) is 10.1. The standard InChI is InChI=1S/C14H16N4O3/c1-18-11(10-6-4-3-5-7-10)8-12(17-18)16-14(20)15-9-13(19)21-2/h3-8H,9H2,1-2H3,(H2,15,16,17,20). The number of urea groups is 1. The van der Waals surface area contributed by atoms with E-state index in [9.17, 15) is 9.59 Å². The van der Waals surface area contributed by atoms with Crippen molar-refractivity contribution >= 4 is 17.8 Å². The summed E-state index contributed by atoms with van der Waals surface area (Å²) in [6.07, 6.45) is 0. The monoisotopic (exact) mass is 288 g/mol. The Kier molecular flexibility index (Phi) is 4.55. The molecule has 2 amide bonds. The number of rotatable bonds is 4. The average molecular weight is 288 g/mol. The van der Waals surface area contributed by atoms with Gasteiger partial charge >= 0.3 is 12.0 Å². The number of methoxy groups -OCH3 is 1. The fraction of sp³-hybridized carbons (Fsp3) is 0.214. The van der Waals surface area contributed by atoms with Crippen molar-refractivity contribution in [1.29, 1.82) is 0 Å². The average Bonchev–Trinajstić information content (AvgIpc) is 2.86. The molecule has 0 atom stereocenters. The van der Waals surface area contributed by atoms with Gasteiger partial charge in [0.05, 0.1) is 12.8 Å². The number of hydrogen-bond acceptors (Lipinski definition) is 4. The molecule has 0 aliphatic heterocycles. The van der Waals surface area contributed by atoms with Crippen LogP contribution in [-0.4, -0.2) is 35.4 Å². The number of nitrogens with one attached hydrogen (secondary N) is 2. The minimum absolute atomic E-state index is 0.194. The zero-order chi connectivity index (χ0) is 15.2. The molecule has 0 saturated carbocycles. The third-order valence-corrected chi connectivity index (χ3v) is 2.81. The SMILES string of the molecule is COC(=O)CNC(=O)Nc1cc(-c2ccccc2)n(C)n1. The smallest absolute Gasteiger partial charge is 0.325 e. The molecule has 2 rings (SSSR count). The zero-order valence-electron chi connectivity index (χ0n) is 11.8. The summed E-state index contributed by atoms with van der Waals surface area (Å²) >= 11 is 0. The molecule has 7 nitrogen and oxygen atoms in total. The third-order valence-electron chi connectivity index (χ3n) is 2.81. The van der Waals surface area contributed by atoms with Crippen LogP contribution < -0.4 is 10.6 Å². The number of esters is 1. The lowest BCUT2D eigenvalue weighted by atomic mass is 10.1. The number of anilines is 1. The van der Waals surface area contributed by atoms with Gasteiger partial charge in [0.25, 0.3) is 0 Å². The Labute approximate surface area is 121 Å². The number of nitrogens with zero attached hydrogens (tertiary/aromatic N) is 2. The van der Waals surface area contributed by atoms with E-state index in [2.05, 4.69) is 20.5 Å². The van der Waals surface area contributed by atoms with Crippen LogP contribution in [0.25, 0.3) is 11.3 Å². The van der Waals surface area contributed by atoms with Gasteiger partial charge in [0, 0.05) is 13.1 Å². The maximum Gasteiger partial charge on any atom is 0.325 e. The molecule has 0 unspecified atom stereocenters. The van der Waals surface area contributed by atoms with E-state index in [0.29, 0.717) is 5.82 Å². The summed E-state index contributed by atoms with van der Waals surface area (Å²) in [5, 5.41) is 9.14. The highest BCUT2D eigenvalue weighted by Crippen LogP contribution is 2.21. The molecule has 110 valence electrons. The fourth-order valence-electron chi connectivity index (χ4n) is 1.79. The number of hydrogen-bond donors (Lipinski definition) is 2. The van der Waals surface area contributed by atoms with Gasteiger partial charge in [-0.25, -0.2) is 4.79 Å². The molecule has 2 aromatic rings. The van der Waals surface area contributed by atoms with Gasteiger partial charge in [0.1, 0.15) is 6.54 Å². The Morgan fingerprint density at radius 1 is 1.29 bits per heavy atom. The molecular formula is C14H16N4O3. The molecule has 2 N–H and O–H groups in total. The molecule has 0 bridgehead atoms. The molecular weight excluding hydrogens is 272 g/mol. The van der Waals surface area contributed by atoms with Crippen LogP contribution in [-0.2, 0) is 16.6 Å². The topological polar surface area (TPSA) is 85.2 Å². The van der Waals surface area contributed by atoms with Crippen LogP contribution in [0.5, 0.6) is 0 Å². The van der Waals surface area contributed by atoms with E-state index >= 15 is 0 Å². The van der Waals surface area contributed by atoms with E-state index in [1.807, 2.05) is 30.3 Å². The number of aryl methyl sites for hydroxylation is 1. The van der Waals surface area contributed by atoms with E-state index in [1.165, 1.54) is 7.11 Å². The van der Waals surface area contributed by atoms with Crippen molar-refractivity contribution < 1.29 is 14.3 Å². The van der Waals surface area contributed by atoms with Crippen molar-refractivity contribution in [3.63, 3.8) is 0 Å². The largest absolute Gasteiger partial charge is 0.468 e. The van der Waals surface area contributed by atoms with E-state index in [0.717, 1.165) is 11.3 Å². The highest BCUT2D eigenvalue weighted by atomic mass is 16.5. The normalized spacial score (nSPS) is 10.0. The van der Waals surface area contributed by atoms with Crippen LogP contribution in [0, 0.1) is 0 Å². The summed E-state index contributed by atoms with van der Waals surface area (Å²) in [5.74, 6) is -0.116. The zero-order valence-corrected chi connectivity index (χ0v) is 11.8. The Bertz CT molecular complexity index is 637. The molecule has 1 aromatic heterocycles. The Morgan fingerprint density at radius 2 is 2.00 bits per heavy atom. The molecule has 0 spiro atoms. The molecule has 0 radical (unpaired) electrons. The van der Waals surface area contributed by atoms with E-state index in [4.69, 9.17) is 0 Å². The van der Waals surface area contributed by atoms with Gasteiger partial charge < -0.3 is 10.1 Å². The van der Waals surface area contributed by atoms with Gasteiger partial charge in [-0.1, -0.05) is 30.3 Å². The van der Waals surface area contributed by atoms with Crippen LogP contribution in [0.1, 0.15) is 0 Å². The van der Waals surface area contributed by atoms with Crippen LogP contribution in [0.3, 0.4) is 0 Å². The lowest BCUT2D eigenvalue weighted by Gasteiger charge is -2.03. The first-order valence-electron chi connectivity index (χ1n) is 6.31. The summed E-state index contributed by atoms with van der Waals surface area (Å²) < 4.78 is 6.10. The number of carbonyl (C=O) groups excluding carboxylic acids is 2. The van der Waals surface area contributed by atoms with Gasteiger partial charge in [-0.05, 0) is 5.56 Å². The summed E-state index contributed by atoms with van der Waals surface area (Å²) in [7, 11) is 3.05. The highest BCUT2D eigenvalue weighted by Gasteiger charge is 2.10. The molecule has 0 aliphatic carbocycles. The molecule has 1 heterocycles. The Morgan fingerprint density at radius 3 is 2.67 bits per heavy atom. The molecule has 0 fully saturated rings. The summed E-state index contributed by atoms with van der Waals surface area (Å²) in [6, 6.07) is 10.9. The lowest BCUT2D eigenvalue weighted by molar-refractivity contribution is -0.139. The van der Waals surface area contributed by atoms with Crippen LogP contribution in [0.4, 0.5) is 10.6 Å². The minimum Gasteiger partial charge on any atom is -0.468 e. The maximum atomic E-state index is 11.6. The first kappa shape index (κ1) is 14.6. The predicted octanol–water partition coefficient (Wildman–Crippen LogP) is 1.38. The lowest BCUT2D eigenvalue weighted by Crippen LogP contribution is -2.33. The maximum absolute atomic E-state index is 11.6. The van der Waals surface area contributed by atoms with Gasteiger partial charge in [-0.2, -0.15) is 5.10 Å². The number of amides is 2. The van der Waals surface area contributed by atoms with Crippen molar-refractivity contribution in [2.75, 3.05) is 19.0 Å². The molecule has 1 aromatic carbocycles. The summed E-state index contributed by atoms with van der Waals surface area (Å²) in [4.78, 5) is 22.5. The fourth-order valence-corrected chi connectivity index (χ4v) is 1.79. The van der Waals surface area contributed by atoms with Crippen molar-refractivity contribution in [3.8, 4) is 11.3 Å². The van der Waals surface area contributed by atoms with Crippen molar-refractivity contribution in [3.05, 3.63) is 36.4 Å². The second-order valence-corrected chi connectivity index (χ2v) is 4.29. The summed E-state index contributed by atoms with van der Waals surface area (Å²) in [6.45, 7) is -0.194. The van der Waals surface area contributed by atoms with E-state index < -0.39 is 12.0 Å². The number of benzene rings is 1. The quantitative estimate of drug-likeness (QED) is 0.832. The van der Waals surface area contributed by atoms with E-state index in [-0.39, 0.29) is 6.54 Å². The second-order valence-electron chi connectivity index (χ2n) is 4.29. The molecule has 7 heteroatoms. The summed E-state index contributed by atoms with van der Waals surface area (Å²) in [5.41, 5.74) is 1.87.